The van der Waals surface area contributed by atoms with Crippen molar-refractivity contribution in [1.82, 2.24) is 9.88 Å². The lowest BCUT2D eigenvalue weighted by atomic mass is 10.0. The van der Waals surface area contributed by atoms with Gasteiger partial charge in [-0.05, 0) is 24.5 Å². The zero-order chi connectivity index (χ0) is 15.0. The molecule has 3 rings (SSSR count). The second-order valence-electron chi connectivity index (χ2n) is 5.61. The van der Waals surface area contributed by atoms with Crippen molar-refractivity contribution >= 4 is 16.8 Å². The quantitative estimate of drug-likeness (QED) is 0.875. The van der Waals surface area contributed by atoms with Crippen LogP contribution in [0.2, 0.25) is 0 Å². The topological polar surface area (TPSA) is 73.4 Å². The maximum Gasteiger partial charge on any atom is 0.270 e. The zero-order valence-electron chi connectivity index (χ0n) is 11.9. The summed E-state index contributed by atoms with van der Waals surface area (Å²) in [5.41, 5.74) is 0.771. The third kappa shape index (κ3) is 2.34. The Bertz CT molecular complexity index is 738. The van der Waals surface area contributed by atoms with Crippen LogP contribution in [0, 0.1) is 5.92 Å². The van der Waals surface area contributed by atoms with Crippen LogP contribution in [0.25, 0.3) is 10.9 Å². The Morgan fingerprint density at radius 3 is 2.95 bits per heavy atom. The highest BCUT2D eigenvalue weighted by Crippen LogP contribution is 2.25. The second kappa shape index (κ2) is 5.33. The van der Waals surface area contributed by atoms with Gasteiger partial charge in [0.2, 0.25) is 0 Å². The third-order valence-corrected chi connectivity index (χ3v) is 4.30. The van der Waals surface area contributed by atoms with Crippen molar-refractivity contribution in [2.45, 2.75) is 19.4 Å². The molecule has 1 fully saturated rings. The summed E-state index contributed by atoms with van der Waals surface area (Å²) in [7, 11) is 0. The maximum absolute atomic E-state index is 12.6. The van der Waals surface area contributed by atoms with Crippen molar-refractivity contribution in [2.24, 2.45) is 5.92 Å². The van der Waals surface area contributed by atoms with Gasteiger partial charge in [-0.15, -0.1) is 0 Å². The Hall–Kier alpha value is -2.14. The van der Waals surface area contributed by atoms with Crippen LogP contribution in [0.4, 0.5) is 0 Å². The van der Waals surface area contributed by atoms with E-state index in [9.17, 15) is 14.7 Å². The number of hydrogen-bond donors (Lipinski definition) is 2. The van der Waals surface area contributed by atoms with Gasteiger partial charge in [-0.3, -0.25) is 9.59 Å². The molecule has 21 heavy (non-hydrogen) atoms. The van der Waals surface area contributed by atoms with Crippen molar-refractivity contribution in [2.75, 3.05) is 13.2 Å². The van der Waals surface area contributed by atoms with Gasteiger partial charge < -0.3 is 15.0 Å². The Balaban J connectivity index is 2.00. The molecule has 1 saturated heterocycles. The first-order chi connectivity index (χ1) is 10.1. The number of amides is 1. The van der Waals surface area contributed by atoms with Crippen molar-refractivity contribution in [3.05, 3.63) is 46.2 Å². The number of aliphatic hydroxyl groups excluding tert-OH is 1. The molecule has 1 amide bonds. The number of carbonyl (C=O) groups is 1. The highest BCUT2D eigenvalue weighted by molar-refractivity contribution is 5.95. The van der Waals surface area contributed by atoms with Crippen LogP contribution in [0.1, 0.15) is 23.8 Å². The van der Waals surface area contributed by atoms with Crippen LogP contribution in [-0.2, 0) is 0 Å². The van der Waals surface area contributed by atoms with Crippen molar-refractivity contribution in [3.63, 3.8) is 0 Å². The van der Waals surface area contributed by atoms with E-state index < -0.39 is 0 Å². The molecule has 2 heterocycles. The van der Waals surface area contributed by atoms with E-state index in [1.54, 1.807) is 23.1 Å². The zero-order valence-corrected chi connectivity index (χ0v) is 11.9. The van der Waals surface area contributed by atoms with Crippen LogP contribution >= 0.6 is 0 Å². The first-order valence-electron chi connectivity index (χ1n) is 7.15. The number of pyridine rings is 1. The summed E-state index contributed by atoms with van der Waals surface area (Å²) in [5.74, 6) is 0.0485. The van der Waals surface area contributed by atoms with Gasteiger partial charge in [-0.2, -0.15) is 0 Å². The average molecular weight is 286 g/mol. The number of aromatic amines is 1. The Labute approximate surface area is 122 Å². The summed E-state index contributed by atoms with van der Waals surface area (Å²) in [6.45, 7) is 2.59. The molecule has 2 aromatic rings. The van der Waals surface area contributed by atoms with E-state index in [-0.39, 0.29) is 35.6 Å². The number of aromatic nitrogens is 1. The molecular weight excluding hydrogens is 268 g/mol. The third-order valence-electron chi connectivity index (χ3n) is 4.30. The average Bonchev–Trinajstić information content (AvgIpc) is 2.87. The Kier molecular flexibility index (Phi) is 3.51. The number of H-pyrrole nitrogens is 1. The fourth-order valence-electron chi connectivity index (χ4n) is 3.01. The van der Waals surface area contributed by atoms with Gasteiger partial charge in [0.05, 0.1) is 12.6 Å². The minimum Gasteiger partial charge on any atom is -0.394 e. The van der Waals surface area contributed by atoms with Gasteiger partial charge in [0.15, 0.2) is 5.43 Å². The minimum atomic E-state index is -0.221. The van der Waals surface area contributed by atoms with Crippen molar-refractivity contribution in [3.8, 4) is 0 Å². The molecule has 5 nitrogen and oxygen atoms in total. The van der Waals surface area contributed by atoms with E-state index in [0.29, 0.717) is 17.4 Å². The lowest BCUT2D eigenvalue weighted by Gasteiger charge is -2.25. The summed E-state index contributed by atoms with van der Waals surface area (Å²) in [6.07, 6.45) is 0.870. The van der Waals surface area contributed by atoms with E-state index in [1.807, 2.05) is 13.0 Å². The second-order valence-corrected chi connectivity index (χ2v) is 5.61. The first kappa shape index (κ1) is 13.8. The summed E-state index contributed by atoms with van der Waals surface area (Å²) in [5, 5.41) is 10.0. The standard InChI is InChI=1S/C16H18N2O3/c1-10-6-7-18(14(10)9-19)16(21)13-8-15(20)11-4-2-3-5-12(11)17-13/h2-5,8,10,14,19H,6-7,9H2,1H3,(H,17,20). The van der Waals surface area contributed by atoms with E-state index >= 15 is 0 Å². The van der Waals surface area contributed by atoms with Crippen LogP contribution < -0.4 is 5.43 Å². The molecule has 1 aromatic heterocycles. The van der Waals surface area contributed by atoms with E-state index in [4.69, 9.17) is 0 Å². The Morgan fingerprint density at radius 2 is 2.19 bits per heavy atom. The number of benzene rings is 1. The number of rotatable bonds is 2. The van der Waals surface area contributed by atoms with Crippen LogP contribution in [0.3, 0.4) is 0 Å². The predicted molar refractivity (Wildman–Crippen MR) is 80.3 cm³/mol. The van der Waals surface area contributed by atoms with Gasteiger partial charge >= 0.3 is 0 Å². The fourth-order valence-corrected chi connectivity index (χ4v) is 3.01. The summed E-state index contributed by atoms with van der Waals surface area (Å²) < 4.78 is 0. The lowest BCUT2D eigenvalue weighted by molar-refractivity contribution is 0.0642. The van der Waals surface area contributed by atoms with Crippen LogP contribution in [-0.4, -0.2) is 40.1 Å². The van der Waals surface area contributed by atoms with Gasteiger partial charge in [0.25, 0.3) is 5.91 Å². The van der Waals surface area contributed by atoms with Crippen LogP contribution in [0.5, 0.6) is 0 Å². The predicted octanol–water partition coefficient (Wildman–Crippen LogP) is 1.37. The van der Waals surface area contributed by atoms with E-state index in [2.05, 4.69) is 4.98 Å². The van der Waals surface area contributed by atoms with Gasteiger partial charge in [-0.1, -0.05) is 19.1 Å². The Morgan fingerprint density at radius 1 is 1.43 bits per heavy atom. The number of carbonyl (C=O) groups excluding carboxylic acids is 1. The molecule has 1 aromatic carbocycles. The van der Waals surface area contributed by atoms with Gasteiger partial charge in [0, 0.05) is 23.5 Å². The fraction of sp³-hybridized carbons (Fsp3) is 0.375. The molecule has 0 aliphatic carbocycles. The van der Waals surface area contributed by atoms with Crippen molar-refractivity contribution in [1.29, 1.82) is 0 Å². The van der Waals surface area contributed by atoms with E-state index in [0.717, 1.165) is 6.42 Å². The molecule has 5 heteroatoms. The summed E-state index contributed by atoms with van der Waals surface area (Å²) >= 11 is 0. The number of nitrogens with one attached hydrogen (secondary N) is 1. The molecule has 0 spiro atoms. The normalized spacial score (nSPS) is 21.9. The lowest BCUT2D eigenvalue weighted by Crippen LogP contribution is -2.40. The van der Waals surface area contributed by atoms with E-state index in [1.165, 1.54) is 6.07 Å². The molecule has 1 aliphatic rings. The number of likely N-dealkylation sites (tertiary alicyclic amines) is 1. The van der Waals surface area contributed by atoms with Gasteiger partial charge in [-0.25, -0.2) is 0 Å². The largest absolute Gasteiger partial charge is 0.394 e. The smallest absolute Gasteiger partial charge is 0.270 e. The number of fused-ring (bicyclic) bond motifs is 1. The highest BCUT2D eigenvalue weighted by atomic mass is 16.3. The summed E-state index contributed by atoms with van der Waals surface area (Å²) in [4.78, 5) is 29.4. The molecule has 1 aliphatic heterocycles. The summed E-state index contributed by atoms with van der Waals surface area (Å²) in [6, 6.07) is 8.31. The highest BCUT2D eigenvalue weighted by Gasteiger charge is 2.34. The molecular formula is C16H18N2O3. The molecule has 2 N–H and O–H groups in total. The number of nitrogens with zero attached hydrogens (tertiary/aromatic N) is 1. The molecule has 0 saturated carbocycles. The monoisotopic (exact) mass is 286 g/mol. The van der Waals surface area contributed by atoms with Crippen LogP contribution in [0.15, 0.2) is 35.1 Å². The molecule has 110 valence electrons. The number of hydrogen-bond acceptors (Lipinski definition) is 3. The SMILES string of the molecule is CC1CCN(C(=O)c2cc(=O)c3ccccc3[nH]2)C1CO. The molecule has 0 radical (unpaired) electrons. The van der Waals surface area contributed by atoms with Gasteiger partial charge in [0.1, 0.15) is 5.69 Å². The minimum absolute atomic E-state index is 0.0509. The molecule has 2 unspecified atom stereocenters. The first-order valence-corrected chi connectivity index (χ1v) is 7.15. The molecule has 2 atom stereocenters. The maximum atomic E-state index is 12.6. The van der Waals surface area contributed by atoms with Crippen molar-refractivity contribution < 1.29 is 9.90 Å². The number of aliphatic hydroxyl groups is 1. The number of para-hydroxylation sites is 1. The molecule has 0 bridgehead atoms.